The minimum Gasteiger partial charge on any atom is -0.208 e. The van der Waals surface area contributed by atoms with Crippen LogP contribution < -0.4 is 0 Å². The summed E-state index contributed by atoms with van der Waals surface area (Å²) in [6.07, 6.45) is 0. The quantitative estimate of drug-likeness (QED) is 0.169. The highest BCUT2D eigenvalue weighted by Gasteiger charge is 2.42. The predicted molar refractivity (Wildman–Crippen MR) is 223 cm³/mol. The molecule has 0 fully saturated rings. The highest BCUT2D eigenvalue weighted by atomic mass is 15.0. The van der Waals surface area contributed by atoms with Crippen LogP contribution in [0.1, 0.15) is 23.6 Å². The highest BCUT2D eigenvalue weighted by molar-refractivity contribution is 6.25. The second-order valence-electron chi connectivity index (χ2n) is 14.5. The third-order valence-electron chi connectivity index (χ3n) is 11.6. The lowest BCUT2D eigenvalue weighted by Crippen LogP contribution is -2.22. The molecule has 3 heteroatoms. The number of hydrogen-bond donors (Lipinski definition) is 0. The second-order valence-corrected chi connectivity index (χ2v) is 14.5. The van der Waals surface area contributed by atoms with Crippen molar-refractivity contribution < 1.29 is 0 Å². The van der Waals surface area contributed by atoms with E-state index in [1.54, 1.807) is 0 Å². The van der Waals surface area contributed by atoms with Crippen molar-refractivity contribution in [2.24, 2.45) is 0 Å². The summed E-state index contributed by atoms with van der Waals surface area (Å²) in [4.78, 5) is 15.4. The first-order valence-corrected chi connectivity index (χ1v) is 18.5. The van der Waals surface area contributed by atoms with Gasteiger partial charge in [-0.05, 0) is 84.3 Å². The van der Waals surface area contributed by atoms with Crippen LogP contribution >= 0.6 is 0 Å². The summed E-state index contributed by atoms with van der Waals surface area (Å²) in [5.74, 6) is 1.98. The Morgan fingerprint density at radius 2 is 0.926 bits per heavy atom. The van der Waals surface area contributed by atoms with Gasteiger partial charge in [-0.3, -0.25) is 0 Å². The van der Waals surface area contributed by atoms with Crippen LogP contribution in [0.25, 0.3) is 88.7 Å². The summed E-state index contributed by atoms with van der Waals surface area (Å²) in [6.45, 7) is 2.38. The van der Waals surface area contributed by atoms with E-state index in [9.17, 15) is 0 Å². The maximum atomic E-state index is 5.19. The van der Waals surface area contributed by atoms with Crippen LogP contribution in [0.15, 0.2) is 182 Å². The molecular formula is C51H33N3. The Kier molecular flexibility index (Phi) is 6.68. The van der Waals surface area contributed by atoms with Crippen molar-refractivity contribution in [3.8, 4) is 56.4 Å². The number of benzene rings is 9. The number of hydrogen-bond acceptors (Lipinski definition) is 3. The van der Waals surface area contributed by atoms with Gasteiger partial charge in [0.2, 0.25) is 0 Å². The van der Waals surface area contributed by atoms with Gasteiger partial charge in [-0.15, -0.1) is 0 Å². The molecule has 0 bridgehead atoms. The minimum absolute atomic E-state index is 0.417. The third kappa shape index (κ3) is 4.52. The Hall–Kier alpha value is -6.97. The monoisotopic (exact) mass is 687 g/mol. The molecule has 0 N–H and O–H groups in total. The predicted octanol–water partition coefficient (Wildman–Crippen LogP) is 12.8. The fourth-order valence-corrected chi connectivity index (χ4v) is 8.93. The van der Waals surface area contributed by atoms with E-state index in [-0.39, 0.29) is 0 Å². The number of rotatable bonds is 5. The van der Waals surface area contributed by atoms with Crippen LogP contribution in [0.5, 0.6) is 0 Å². The van der Waals surface area contributed by atoms with E-state index in [0.29, 0.717) is 17.5 Å². The summed E-state index contributed by atoms with van der Waals surface area (Å²) in [5.41, 5.74) is 11.1. The zero-order valence-corrected chi connectivity index (χ0v) is 29.7. The van der Waals surface area contributed by atoms with Gasteiger partial charge in [0.1, 0.15) is 0 Å². The van der Waals surface area contributed by atoms with Crippen molar-refractivity contribution in [1.82, 2.24) is 15.0 Å². The lowest BCUT2D eigenvalue weighted by Gasteiger charge is -2.29. The highest BCUT2D eigenvalue weighted by Crippen LogP contribution is 2.56. The van der Waals surface area contributed by atoms with Crippen LogP contribution in [-0.2, 0) is 5.41 Å². The number of fused-ring (bicyclic) bond motifs is 3. The molecule has 1 atom stereocenters. The van der Waals surface area contributed by atoms with E-state index in [1.807, 2.05) is 36.4 Å². The van der Waals surface area contributed by atoms with E-state index in [0.717, 1.165) is 16.7 Å². The first-order chi connectivity index (χ1) is 26.6. The van der Waals surface area contributed by atoms with Crippen molar-refractivity contribution in [3.63, 3.8) is 0 Å². The molecule has 1 aliphatic carbocycles. The van der Waals surface area contributed by atoms with E-state index < -0.39 is 5.41 Å². The largest absolute Gasteiger partial charge is 0.208 e. The van der Waals surface area contributed by atoms with Gasteiger partial charge in [-0.2, -0.15) is 0 Å². The Morgan fingerprint density at radius 1 is 0.370 bits per heavy atom. The van der Waals surface area contributed by atoms with E-state index >= 15 is 0 Å². The second kappa shape index (κ2) is 11.8. The molecule has 0 saturated carbocycles. The van der Waals surface area contributed by atoms with Crippen LogP contribution in [-0.4, -0.2) is 15.0 Å². The summed E-state index contributed by atoms with van der Waals surface area (Å²) in [6, 6.07) is 65.3. The molecule has 1 aromatic heterocycles. The molecule has 3 nitrogen and oxygen atoms in total. The number of aromatic nitrogens is 3. The van der Waals surface area contributed by atoms with Crippen LogP contribution in [0.2, 0.25) is 0 Å². The van der Waals surface area contributed by atoms with Crippen molar-refractivity contribution in [3.05, 3.63) is 199 Å². The van der Waals surface area contributed by atoms with Crippen LogP contribution in [0.4, 0.5) is 0 Å². The Balaban J connectivity index is 1.16. The van der Waals surface area contributed by atoms with Gasteiger partial charge in [-0.25, -0.2) is 15.0 Å². The van der Waals surface area contributed by atoms with Gasteiger partial charge in [-0.1, -0.05) is 176 Å². The zero-order chi connectivity index (χ0) is 35.8. The normalized spacial score (nSPS) is 14.8. The van der Waals surface area contributed by atoms with Gasteiger partial charge in [0.05, 0.1) is 0 Å². The molecule has 1 unspecified atom stereocenters. The zero-order valence-electron chi connectivity index (χ0n) is 29.7. The Labute approximate surface area is 313 Å². The smallest absolute Gasteiger partial charge is 0.164 e. The fraction of sp³-hybridized carbons (Fsp3) is 0.0392. The molecule has 0 amide bonds. The summed E-state index contributed by atoms with van der Waals surface area (Å²) in [7, 11) is 0. The van der Waals surface area contributed by atoms with Crippen molar-refractivity contribution >= 4 is 32.3 Å². The van der Waals surface area contributed by atoms with Crippen molar-refractivity contribution in [2.75, 3.05) is 0 Å². The molecule has 1 aliphatic rings. The van der Waals surface area contributed by atoms with Gasteiger partial charge in [0.15, 0.2) is 17.5 Å². The Bertz CT molecular complexity index is 2970. The molecule has 1 heterocycles. The van der Waals surface area contributed by atoms with Crippen LogP contribution in [0, 0.1) is 0 Å². The van der Waals surface area contributed by atoms with Gasteiger partial charge < -0.3 is 0 Å². The maximum Gasteiger partial charge on any atom is 0.164 e. The average Bonchev–Trinajstić information content (AvgIpc) is 3.51. The van der Waals surface area contributed by atoms with Crippen molar-refractivity contribution in [1.29, 1.82) is 0 Å². The molecule has 0 radical (unpaired) electrons. The standard InChI is InChI=1S/C51H33N3/c1-51(38-19-9-4-10-20-38)43-22-12-21-42(50-53-48(35-13-5-2-6-14-35)52-49(54-50)36-15-7-3-8-16-36)47(43)41-30-27-37(31-44(41)51)39-28-25-34-24-23-32-17-11-18-33-26-29-40(39)46(34)45(32)33/h2-31H,1H3. The molecule has 11 rings (SSSR count). The first-order valence-electron chi connectivity index (χ1n) is 18.5. The summed E-state index contributed by atoms with van der Waals surface area (Å²) in [5, 5.41) is 7.77. The van der Waals surface area contributed by atoms with E-state index in [4.69, 9.17) is 15.0 Å². The first kappa shape index (κ1) is 30.6. The molecule has 0 saturated heterocycles. The maximum absolute atomic E-state index is 5.19. The van der Waals surface area contributed by atoms with Gasteiger partial charge >= 0.3 is 0 Å². The summed E-state index contributed by atoms with van der Waals surface area (Å²) >= 11 is 0. The SMILES string of the molecule is CC1(c2ccccc2)c2cc(-c3ccc4ccc5cccc6ccc3c4c56)ccc2-c2c(-c3nc(-c4ccccc4)nc(-c4ccccc4)n3)cccc21. The minimum atomic E-state index is -0.417. The average molecular weight is 688 g/mol. The molecule has 10 aromatic rings. The lowest BCUT2D eigenvalue weighted by atomic mass is 9.73. The van der Waals surface area contributed by atoms with Gasteiger partial charge in [0, 0.05) is 22.1 Å². The molecular weight excluding hydrogens is 655 g/mol. The fourth-order valence-electron chi connectivity index (χ4n) is 8.93. The molecule has 54 heavy (non-hydrogen) atoms. The molecule has 0 aliphatic heterocycles. The summed E-state index contributed by atoms with van der Waals surface area (Å²) < 4.78 is 0. The van der Waals surface area contributed by atoms with Gasteiger partial charge in [0.25, 0.3) is 0 Å². The number of nitrogens with zero attached hydrogens (tertiary/aromatic N) is 3. The van der Waals surface area contributed by atoms with E-state index in [2.05, 4.69) is 153 Å². The van der Waals surface area contributed by atoms with Crippen LogP contribution in [0.3, 0.4) is 0 Å². The van der Waals surface area contributed by atoms with Crippen molar-refractivity contribution in [2.45, 2.75) is 12.3 Å². The Morgan fingerprint density at radius 3 is 1.61 bits per heavy atom. The molecule has 0 spiro atoms. The third-order valence-corrected chi connectivity index (χ3v) is 11.6. The molecule has 252 valence electrons. The lowest BCUT2D eigenvalue weighted by molar-refractivity contribution is 0.714. The topological polar surface area (TPSA) is 38.7 Å². The van der Waals surface area contributed by atoms with E-state index in [1.165, 1.54) is 71.3 Å². The molecule has 9 aromatic carbocycles.